The Bertz CT molecular complexity index is 551. The fourth-order valence-electron chi connectivity index (χ4n) is 2.01. The minimum Gasteiger partial charge on any atom is -0.497 e. The zero-order valence-electron chi connectivity index (χ0n) is 11.3. The van der Waals surface area contributed by atoms with E-state index >= 15 is 0 Å². The molecule has 0 saturated carbocycles. The van der Waals surface area contributed by atoms with Gasteiger partial charge in [-0.2, -0.15) is 0 Å². The van der Waals surface area contributed by atoms with Gasteiger partial charge in [0.1, 0.15) is 5.75 Å². The highest BCUT2D eigenvalue weighted by Crippen LogP contribution is 2.24. The van der Waals surface area contributed by atoms with E-state index in [1.54, 1.807) is 7.11 Å². The number of hydrogen-bond acceptors (Lipinski definition) is 2. The minimum absolute atomic E-state index is 0.120. The SMILES string of the molecule is CCC(N)c1ccn(Cc2cc(OC)ccc2Br)c1. The normalized spacial score (nSPS) is 12.4. The summed E-state index contributed by atoms with van der Waals surface area (Å²) in [5.74, 6) is 0.871. The maximum absolute atomic E-state index is 6.03. The van der Waals surface area contributed by atoms with Crippen LogP contribution >= 0.6 is 15.9 Å². The zero-order valence-corrected chi connectivity index (χ0v) is 12.9. The van der Waals surface area contributed by atoms with Crippen LogP contribution < -0.4 is 10.5 Å². The summed E-state index contributed by atoms with van der Waals surface area (Å²) in [6.07, 6.45) is 5.13. The molecule has 0 saturated heterocycles. The van der Waals surface area contributed by atoms with Crippen LogP contribution in [0.2, 0.25) is 0 Å². The molecule has 1 heterocycles. The summed E-state index contributed by atoms with van der Waals surface area (Å²) in [5, 5.41) is 0. The topological polar surface area (TPSA) is 40.2 Å². The first kappa shape index (κ1) is 14.2. The van der Waals surface area contributed by atoms with Crippen molar-refractivity contribution in [2.45, 2.75) is 25.9 Å². The van der Waals surface area contributed by atoms with Gasteiger partial charge in [-0.15, -0.1) is 0 Å². The Kier molecular flexibility index (Phi) is 4.66. The van der Waals surface area contributed by atoms with Crippen molar-refractivity contribution in [3.05, 3.63) is 52.3 Å². The standard InChI is InChI=1S/C15H19BrN2O/c1-3-15(17)11-6-7-18(9-11)10-12-8-13(19-2)4-5-14(12)16/h4-9,15H,3,10,17H2,1-2H3. The van der Waals surface area contributed by atoms with Crippen LogP contribution in [0.15, 0.2) is 41.1 Å². The third-order valence-corrected chi connectivity index (χ3v) is 4.02. The molecule has 0 amide bonds. The van der Waals surface area contributed by atoms with E-state index in [9.17, 15) is 0 Å². The molecule has 1 aromatic carbocycles. The van der Waals surface area contributed by atoms with Crippen LogP contribution in [-0.2, 0) is 6.54 Å². The maximum Gasteiger partial charge on any atom is 0.119 e. The van der Waals surface area contributed by atoms with E-state index in [0.717, 1.165) is 23.2 Å². The van der Waals surface area contributed by atoms with E-state index in [0.29, 0.717) is 0 Å². The molecule has 0 radical (unpaired) electrons. The van der Waals surface area contributed by atoms with Crippen molar-refractivity contribution < 1.29 is 4.74 Å². The number of aromatic nitrogens is 1. The molecular formula is C15H19BrN2O. The summed E-state index contributed by atoms with van der Waals surface area (Å²) in [7, 11) is 1.68. The van der Waals surface area contributed by atoms with E-state index in [1.807, 2.05) is 18.2 Å². The first-order chi connectivity index (χ1) is 9.13. The van der Waals surface area contributed by atoms with Gasteiger partial charge in [0, 0.05) is 29.5 Å². The molecule has 0 aliphatic heterocycles. The van der Waals surface area contributed by atoms with Gasteiger partial charge in [-0.1, -0.05) is 22.9 Å². The third kappa shape index (κ3) is 3.39. The number of methoxy groups -OCH3 is 1. The number of nitrogens with zero attached hydrogens (tertiary/aromatic N) is 1. The van der Waals surface area contributed by atoms with Crippen LogP contribution in [0.3, 0.4) is 0 Å². The van der Waals surface area contributed by atoms with Crippen molar-refractivity contribution >= 4 is 15.9 Å². The molecule has 1 atom stereocenters. The average Bonchev–Trinajstić information content (AvgIpc) is 2.89. The molecule has 2 N–H and O–H groups in total. The van der Waals surface area contributed by atoms with Crippen LogP contribution in [0.4, 0.5) is 0 Å². The second kappa shape index (κ2) is 6.26. The van der Waals surface area contributed by atoms with Gasteiger partial charge >= 0.3 is 0 Å². The summed E-state index contributed by atoms with van der Waals surface area (Å²) >= 11 is 3.57. The summed E-state index contributed by atoms with van der Waals surface area (Å²) in [6.45, 7) is 2.90. The number of benzene rings is 1. The molecule has 19 heavy (non-hydrogen) atoms. The molecule has 0 bridgehead atoms. The molecule has 4 heteroatoms. The molecule has 2 aromatic rings. The van der Waals surface area contributed by atoms with Crippen molar-refractivity contribution in [1.82, 2.24) is 4.57 Å². The molecule has 1 aromatic heterocycles. The Morgan fingerprint density at radius 2 is 2.16 bits per heavy atom. The van der Waals surface area contributed by atoms with Crippen LogP contribution in [0.5, 0.6) is 5.75 Å². The molecule has 0 aliphatic rings. The van der Waals surface area contributed by atoms with Crippen LogP contribution in [-0.4, -0.2) is 11.7 Å². The Balaban J connectivity index is 2.19. The van der Waals surface area contributed by atoms with Crippen LogP contribution in [0, 0.1) is 0 Å². The molecule has 0 aliphatic carbocycles. The maximum atomic E-state index is 6.03. The van der Waals surface area contributed by atoms with Gasteiger partial charge in [0.05, 0.1) is 7.11 Å². The second-order valence-corrected chi connectivity index (χ2v) is 5.44. The second-order valence-electron chi connectivity index (χ2n) is 4.59. The predicted molar refractivity (Wildman–Crippen MR) is 81.4 cm³/mol. The fraction of sp³-hybridized carbons (Fsp3) is 0.333. The molecule has 102 valence electrons. The fourth-order valence-corrected chi connectivity index (χ4v) is 2.38. The van der Waals surface area contributed by atoms with Crippen LogP contribution in [0.1, 0.15) is 30.5 Å². The first-order valence-electron chi connectivity index (χ1n) is 6.37. The minimum atomic E-state index is 0.120. The van der Waals surface area contributed by atoms with E-state index in [1.165, 1.54) is 11.1 Å². The van der Waals surface area contributed by atoms with Crippen molar-refractivity contribution in [2.24, 2.45) is 5.73 Å². The van der Waals surface area contributed by atoms with Crippen LogP contribution in [0.25, 0.3) is 0 Å². The average molecular weight is 323 g/mol. The van der Waals surface area contributed by atoms with Crippen molar-refractivity contribution in [2.75, 3.05) is 7.11 Å². The Morgan fingerprint density at radius 3 is 2.84 bits per heavy atom. The number of hydrogen-bond donors (Lipinski definition) is 1. The quantitative estimate of drug-likeness (QED) is 0.911. The van der Waals surface area contributed by atoms with Crippen molar-refractivity contribution in [3.63, 3.8) is 0 Å². The lowest BCUT2D eigenvalue weighted by molar-refractivity contribution is 0.414. The van der Waals surface area contributed by atoms with E-state index in [-0.39, 0.29) is 6.04 Å². The van der Waals surface area contributed by atoms with Gasteiger partial charge in [-0.25, -0.2) is 0 Å². The highest BCUT2D eigenvalue weighted by molar-refractivity contribution is 9.10. The van der Waals surface area contributed by atoms with Crippen molar-refractivity contribution in [3.8, 4) is 5.75 Å². The lowest BCUT2D eigenvalue weighted by Gasteiger charge is -2.09. The van der Waals surface area contributed by atoms with Gasteiger partial charge in [0.25, 0.3) is 0 Å². The number of rotatable bonds is 5. The molecule has 1 unspecified atom stereocenters. The molecule has 0 fully saturated rings. The third-order valence-electron chi connectivity index (χ3n) is 3.25. The van der Waals surface area contributed by atoms with Gasteiger partial charge in [-0.05, 0) is 41.8 Å². The highest BCUT2D eigenvalue weighted by atomic mass is 79.9. The van der Waals surface area contributed by atoms with Gasteiger partial charge in [0.15, 0.2) is 0 Å². The van der Waals surface area contributed by atoms with E-state index in [4.69, 9.17) is 10.5 Å². The van der Waals surface area contributed by atoms with Gasteiger partial charge in [-0.3, -0.25) is 0 Å². The van der Waals surface area contributed by atoms with Crippen molar-refractivity contribution in [1.29, 1.82) is 0 Å². The first-order valence-corrected chi connectivity index (χ1v) is 7.17. The highest BCUT2D eigenvalue weighted by Gasteiger charge is 2.07. The number of ether oxygens (including phenoxy) is 1. The van der Waals surface area contributed by atoms with E-state index < -0.39 is 0 Å². The lowest BCUT2D eigenvalue weighted by Crippen LogP contribution is -2.07. The Labute approximate surface area is 122 Å². The summed E-state index contributed by atoms with van der Waals surface area (Å²) in [6, 6.07) is 8.21. The monoisotopic (exact) mass is 322 g/mol. The number of halogens is 1. The lowest BCUT2D eigenvalue weighted by atomic mass is 10.1. The largest absolute Gasteiger partial charge is 0.497 e. The molecule has 0 spiro atoms. The molecule has 2 rings (SSSR count). The van der Waals surface area contributed by atoms with Gasteiger partial charge < -0.3 is 15.0 Å². The molecule has 3 nitrogen and oxygen atoms in total. The van der Waals surface area contributed by atoms with E-state index in [2.05, 4.69) is 45.9 Å². The smallest absolute Gasteiger partial charge is 0.119 e. The summed E-state index contributed by atoms with van der Waals surface area (Å²) in [4.78, 5) is 0. The predicted octanol–water partition coefficient (Wildman–Crippen LogP) is 3.72. The van der Waals surface area contributed by atoms with Gasteiger partial charge in [0.2, 0.25) is 0 Å². The molecular weight excluding hydrogens is 304 g/mol. The summed E-state index contributed by atoms with van der Waals surface area (Å²) in [5.41, 5.74) is 8.40. The Hall–Kier alpha value is -1.26. The number of nitrogens with two attached hydrogens (primary N) is 1. The Morgan fingerprint density at radius 1 is 1.37 bits per heavy atom. The summed E-state index contributed by atoms with van der Waals surface area (Å²) < 4.78 is 8.49. The zero-order chi connectivity index (χ0) is 13.8.